The predicted molar refractivity (Wildman–Crippen MR) is 71.0 cm³/mol. The summed E-state index contributed by atoms with van der Waals surface area (Å²) in [4.78, 5) is 0. The van der Waals surface area contributed by atoms with Gasteiger partial charge in [0.15, 0.2) is 0 Å². The van der Waals surface area contributed by atoms with Gasteiger partial charge in [-0.2, -0.15) is 11.8 Å². The second-order valence-corrected chi connectivity index (χ2v) is 6.48. The van der Waals surface area contributed by atoms with Crippen LogP contribution in [0.2, 0.25) is 0 Å². The van der Waals surface area contributed by atoms with Gasteiger partial charge in [0.1, 0.15) is 0 Å². The molecule has 2 saturated carbocycles. The molecule has 2 aliphatic rings. The lowest BCUT2D eigenvalue weighted by molar-refractivity contribution is 0.0818. The molecule has 0 heterocycles. The van der Waals surface area contributed by atoms with Crippen molar-refractivity contribution in [3.63, 3.8) is 0 Å². The average Bonchev–Trinajstić information content (AvgIpc) is 2.32. The molecule has 0 aliphatic heterocycles. The smallest absolute Gasteiger partial charge is 0.0693 e. The van der Waals surface area contributed by atoms with Crippen LogP contribution in [0.4, 0.5) is 0 Å². The van der Waals surface area contributed by atoms with Crippen molar-refractivity contribution in [1.82, 2.24) is 5.32 Å². The fourth-order valence-corrected chi connectivity index (χ4v) is 3.95. The van der Waals surface area contributed by atoms with Crippen LogP contribution in [0.15, 0.2) is 0 Å². The summed E-state index contributed by atoms with van der Waals surface area (Å²) in [6.07, 6.45) is 12.1. The minimum absolute atomic E-state index is 0.0941. The lowest BCUT2D eigenvalue weighted by atomic mass is 9.89. The van der Waals surface area contributed by atoms with E-state index in [0.29, 0.717) is 12.1 Å². The molecule has 2 unspecified atom stereocenters. The van der Waals surface area contributed by atoms with Crippen molar-refractivity contribution in [1.29, 1.82) is 0 Å². The summed E-state index contributed by atoms with van der Waals surface area (Å²) in [6, 6.07) is 1.03. The van der Waals surface area contributed by atoms with Crippen LogP contribution in [0.1, 0.15) is 51.4 Å². The maximum atomic E-state index is 9.95. The van der Waals surface area contributed by atoms with E-state index in [-0.39, 0.29) is 6.10 Å². The van der Waals surface area contributed by atoms with Gasteiger partial charge in [0.05, 0.1) is 6.10 Å². The first-order valence-corrected chi connectivity index (χ1v) is 8.05. The molecule has 0 aromatic rings. The Morgan fingerprint density at radius 3 is 2.62 bits per heavy atom. The van der Waals surface area contributed by atoms with Gasteiger partial charge in [0.25, 0.3) is 0 Å². The fraction of sp³-hybridized carbons (Fsp3) is 1.00. The highest BCUT2D eigenvalue weighted by Crippen LogP contribution is 2.28. The van der Waals surface area contributed by atoms with Crippen LogP contribution in [-0.4, -0.2) is 34.8 Å². The number of nitrogens with one attached hydrogen (secondary N) is 1. The summed E-state index contributed by atoms with van der Waals surface area (Å²) < 4.78 is 0. The highest BCUT2D eigenvalue weighted by atomic mass is 32.2. The number of aliphatic hydroxyl groups excluding tert-OH is 1. The second kappa shape index (κ2) is 6.27. The molecule has 16 heavy (non-hydrogen) atoms. The van der Waals surface area contributed by atoms with Gasteiger partial charge < -0.3 is 10.4 Å². The molecule has 0 spiro atoms. The molecule has 4 atom stereocenters. The van der Waals surface area contributed by atoms with Crippen LogP contribution in [0.25, 0.3) is 0 Å². The third kappa shape index (κ3) is 3.38. The van der Waals surface area contributed by atoms with Crippen LogP contribution in [0.3, 0.4) is 0 Å². The molecule has 94 valence electrons. The van der Waals surface area contributed by atoms with Crippen LogP contribution < -0.4 is 5.32 Å². The molecule has 2 N–H and O–H groups in total. The number of hydrogen-bond donors (Lipinski definition) is 2. The van der Waals surface area contributed by atoms with Crippen LogP contribution >= 0.6 is 11.8 Å². The Bertz CT molecular complexity index is 212. The molecule has 2 fully saturated rings. The van der Waals surface area contributed by atoms with Crippen LogP contribution in [0, 0.1) is 0 Å². The molecule has 0 saturated heterocycles. The molecule has 2 nitrogen and oxygen atoms in total. The lowest BCUT2D eigenvalue weighted by Crippen LogP contribution is -2.48. The molecular weight excluding hydrogens is 218 g/mol. The van der Waals surface area contributed by atoms with Crippen molar-refractivity contribution in [3.05, 3.63) is 0 Å². The average molecular weight is 243 g/mol. The van der Waals surface area contributed by atoms with Gasteiger partial charge in [-0.05, 0) is 38.4 Å². The second-order valence-electron chi connectivity index (χ2n) is 5.35. The van der Waals surface area contributed by atoms with Gasteiger partial charge in [-0.1, -0.05) is 19.3 Å². The Kier molecular flexibility index (Phi) is 4.98. The zero-order valence-electron chi connectivity index (χ0n) is 10.3. The molecule has 0 bridgehead atoms. The predicted octanol–water partition coefficient (Wildman–Crippen LogP) is 2.55. The maximum absolute atomic E-state index is 9.95. The fourth-order valence-electron chi connectivity index (χ4n) is 3.12. The van der Waals surface area contributed by atoms with E-state index in [2.05, 4.69) is 11.6 Å². The van der Waals surface area contributed by atoms with E-state index in [1.807, 2.05) is 11.8 Å². The van der Waals surface area contributed by atoms with Crippen molar-refractivity contribution in [3.8, 4) is 0 Å². The van der Waals surface area contributed by atoms with Crippen LogP contribution in [-0.2, 0) is 0 Å². The Labute approximate surface area is 104 Å². The number of hydrogen-bond acceptors (Lipinski definition) is 3. The van der Waals surface area contributed by atoms with Crippen molar-refractivity contribution in [2.75, 3.05) is 6.26 Å². The summed E-state index contributed by atoms with van der Waals surface area (Å²) in [5.74, 6) is 0. The molecular formula is C13H25NOS. The number of aliphatic hydroxyl groups is 1. The van der Waals surface area contributed by atoms with Gasteiger partial charge in [-0.3, -0.25) is 0 Å². The Morgan fingerprint density at radius 1 is 1.06 bits per heavy atom. The standard InChI is InChI=1S/C13H25NOS/c1-16-11-6-4-5-10(9-11)14-12-7-2-3-8-13(12)15/h10-15H,2-9H2,1H3/t10?,11?,12-,13-/m1/s1. The molecule has 0 amide bonds. The van der Waals surface area contributed by atoms with Gasteiger partial charge >= 0.3 is 0 Å². The Balaban J connectivity index is 1.79. The van der Waals surface area contributed by atoms with E-state index in [1.165, 1.54) is 44.9 Å². The van der Waals surface area contributed by atoms with E-state index in [0.717, 1.165) is 11.7 Å². The minimum Gasteiger partial charge on any atom is -0.392 e. The monoisotopic (exact) mass is 243 g/mol. The normalized spacial score (nSPS) is 40.9. The van der Waals surface area contributed by atoms with Gasteiger partial charge in [-0.25, -0.2) is 0 Å². The molecule has 2 aliphatic carbocycles. The first-order chi connectivity index (χ1) is 7.79. The number of rotatable bonds is 3. The highest BCUT2D eigenvalue weighted by Gasteiger charge is 2.28. The van der Waals surface area contributed by atoms with Crippen molar-refractivity contribution in [2.24, 2.45) is 0 Å². The molecule has 0 radical (unpaired) electrons. The van der Waals surface area contributed by atoms with Gasteiger partial charge in [0.2, 0.25) is 0 Å². The zero-order valence-corrected chi connectivity index (χ0v) is 11.1. The first-order valence-electron chi connectivity index (χ1n) is 6.76. The van der Waals surface area contributed by atoms with E-state index in [1.54, 1.807) is 0 Å². The van der Waals surface area contributed by atoms with E-state index < -0.39 is 0 Å². The first kappa shape index (κ1) is 12.7. The van der Waals surface area contributed by atoms with Crippen LogP contribution in [0.5, 0.6) is 0 Å². The largest absolute Gasteiger partial charge is 0.392 e. The Hall–Kier alpha value is 0.270. The molecule has 0 aromatic heterocycles. The lowest BCUT2D eigenvalue weighted by Gasteiger charge is -2.35. The van der Waals surface area contributed by atoms with Crippen molar-refractivity contribution < 1.29 is 5.11 Å². The maximum Gasteiger partial charge on any atom is 0.0693 e. The highest BCUT2D eigenvalue weighted by molar-refractivity contribution is 7.99. The van der Waals surface area contributed by atoms with Gasteiger partial charge in [-0.15, -0.1) is 0 Å². The minimum atomic E-state index is -0.0941. The third-order valence-corrected chi connectivity index (χ3v) is 5.23. The van der Waals surface area contributed by atoms with Crippen molar-refractivity contribution in [2.45, 2.75) is 74.8 Å². The summed E-state index contributed by atoms with van der Waals surface area (Å²) in [5, 5.41) is 14.5. The van der Waals surface area contributed by atoms with E-state index in [4.69, 9.17) is 0 Å². The summed E-state index contributed by atoms with van der Waals surface area (Å²) >= 11 is 2.01. The van der Waals surface area contributed by atoms with Crippen molar-refractivity contribution >= 4 is 11.8 Å². The van der Waals surface area contributed by atoms with E-state index in [9.17, 15) is 5.11 Å². The van der Waals surface area contributed by atoms with Gasteiger partial charge in [0, 0.05) is 17.3 Å². The molecule has 3 heteroatoms. The quantitative estimate of drug-likeness (QED) is 0.799. The molecule has 0 aromatic carbocycles. The van der Waals surface area contributed by atoms with E-state index >= 15 is 0 Å². The topological polar surface area (TPSA) is 32.3 Å². The molecule has 2 rings (SSSR count). The summed E-state index contributed by atoms with van der Waals surface area (Å²) in [5.41, 5.74) is 0. The number of thioether (sulfide) groups is 1. The Morgan fingerprint density at radius 2 is 1.88 bits per heavy atom. The third-order valence-electron chi connectivity index (χ3n) is 4.14. The zero-order chi connectivity index (χ0) is 11.4. The summed E-state index contributed by atoms with van der Waals surface area (Å²) in [6.45, 7) is 0. The summed E-state index contributed by atoms with van der Waals surface area (Å²) in [7, 11) is 0. The SMILES string of the molecule is CSC1CCCC(N[C@@H]2CCCC[C@H]2O)C1.